The van der Waals surface area contributed by atoms with E-state index in [1.54, 1.807) is 10.7 Å². The third-order valence-electron chi connectivity index (χ3n) is 6.32. The van der Waals surface area contributed by atoms with E-state index in [-0.39, 0.29) is 5.91 Å². The molecule has 176 valence electrons. The zero-order valence-electron chi connectivity index (χ0n) is 19.9. The summed E-state index contributed by atoms with van der Waals surface area (Å²) in [5, 5.41) is 7.64. The van der Waals surface area contributed by atoms with E-state index in [0.29, 0.717) is 12.2 Å². The topological polar surface area (TPSA) is 72.9 Å². The van der Waals surface area contributed by atoms with Gasteiger partial charge >= 0.3 is 0 Å². The number of aromatic nitrogens is 2. The van der Waals surface area contributed by atoms with Gasteiger partial charge in [-0.1, -0.05) is 60.7 Å². The molecule has 0 atom stereocenters. The number of rotatable bonds is 8. The number of hydrogen-bond donors (Lipinski definition) is 2. The Morgan fingerprint density at radius 2 is 1.77 bits per heavy atom. The summed E-state index contributed by atoms with van der Waals surface area (Å²) in [5.41, 5.74) is 13.1. The SMILES string of the molecule is Cc1cc(C(=O)Nc2cccc(C(=CCC3CC3)c3ccccc3)c2)n(-c2cccc(CN)c2)n1. The summed E-state index contributed by atoms with van der Waals surface area (Å²) in [6, 6.07) is 28.1. The van der Waals surface area contributed by atoms with Crippen LogP contribution in [0.25, 0.3) is 11.3 Å². The molecule has 1 aliphatic carbocycles. The Morgan fingerprint density at radius 1 is 1.00 bits per heavy atom. The molecule has 5 rings (SSSR count). The number of aryl methyl sites for hydroxylation is 1. The lowest BCUT2D eigenvalue weighted by Gasteiger charge is -2.12. The molecule has 1 aliphatic rings. The van der Waals surface area contributed by atoms with Crippen LogP contribution in [0.3, 0.4) is 0 Å². The summed E-state index contributed by atoms with van der Waals surface area (Å²) in [7, 11) is 0. The van der Waals surface area contributed by atoms with Crippen LogP contribution in [0.2, 0.25) is 0 Å². The fourth-order valence-electron chi connectivity index (χ4n) is 4.29. The smallest absolute Gasteiger partial charge is 0.274 e. The Balaban J connectivity index is 1.43. The lowest BCUT2D eigenvalue weighted by molar-refractivity contribution is 0.101. The minimum Gasteiger partial charge on any atom is -0.326 e. The zero-order valence-corrected chi connectivity index (χ0v) is 19.9. The summed E-state index contributed by atoms with van der Waals surface area (Å²) < 4.78 is 1.68. The number of nitrogens with one attached hydrogen (secondary N) is 1. The first-order valence-electron chi connectivity index (χ1n) is 12.1. The van der Waals surface area contributed by atoms with Crippen molar-refractivity contribution in [3.05, 3.63) is 119 Å². The maximum atomic E-state index is 13.3. The number of amides is 1. The van der Waals surface area contributed by atoms with Crippen LogP contribution in [0, 0.1) is 12.8 Å². The van der Waals surface area contributed by atoms with Gasteiger partial charge in [0.1, 0.15) is 5.69 Å². The summed E-state index contributed by atoms with van der Waals surface area (Å²) >= 11 is 0. The molecule has 3 N–H and O–H groups in total. The van der Waals surface area contributed by atoms with Crippen LogP contribution < -0.4 is 11.1 Å². The van der Waals surface area contributed by atoms with Crippen molar-refractivity contribution in [2.24, 2.45) is 11.7 Å². The van der Waals surface area contributed by atoms with Gasteiger partial charge in [-0.25, -0.2) is 4.68 Å². The molecule has 1 aromatic heterocycles. The van der Waals surface area contributed by atoms with Gasteiger partial charge in [0.05, 0.1) is 11.4 Å². The van der Waals surface area contributed by atoms with Crippen molar-refractivity contribution >= 4 is 17.2 Å². The highest BCUT2D eigenvalue weighted by Gasteiger charge is 2.20. The van der Waals surface area contributed by atoms with Crippen LogP contribution in [0.15, 0.2) is 91.0 Å². The molecule has 0 unspecified atom stereocenters. The fraction of sp³-hybridized carbons (Fsp3) is 0.200. The normalized spacial score (nSPS) is 13.6. The first kappa shape index (κ1) is 22.8. The Kier molecular flexibility index (Phi) is 6.59. The summed E-state index contributed by atoms with van der Waals surface area (Å²) in [6.45, 7) is 2.32. The molecular weight excluding hydrogens is 432 g/mol. The molecule has 4 aromatic rings. The molecule has 0 spiro atoms. The first-order valence-corrected chi connectivity index (χ1v) is 12.1. The number of allylic oxidation sites excluding steroid dienone is 1. The monoisotopic (exact) mass is 462 g/mol. The largest absolute Gasteiger partial charge is 0.326 e. The summed E-state index contributed by atoms with van der Waals surface area (Å²) in [4.78, 5) is 13.3. The number of benzene rings is 3. The van der Waals surface area contributed by atoms with Gasteiger partial charge in [-0.2, -0.15) is 5.10 Å². The highest BCUT2D eigenvalue weighted by atomic mass is 16.2. The average Bonchev–Trinajstić information content (AvgIpc) is 3.63. The number of carbonyl (C=O) groups is 1. The zero-order chi connectivity index (χ0) is 24.2. The molecule has 1 fully saturated rings. The fourth-order valence-corrected chi connectivity index (χ4v) is 4.29. The second-order valence-corrected chi connectivity index (χ2v) is 9.15. The second kappa shape index (κ2) is 10.1. The highest BCUT2D eigenvalue weighted by molar-refractivity contribution is 6.03. The van der Waals surface area contributed by atoms with E-state index in [1.165, 1.54) is 24.0 Å². The standard InChI is InChI=1S/C30H30N4O/c1-21-17-29(34(33-21)27-12-5-7-23(18-27)20-31)30(35)32-26-11-6-10-25(19-26)28(16-15-22-13-14-22)24-8-3-2-4-9-24/h2-12,16-19,22H,13-15,20,31H2,1H3,(H,32,35). The van der Waals surface area contributed by atoms with Crippen molar-refractivity contribution in [1.29, 1.82) is 0 Å². The van der Waals surface area contributed by atoms with Crippen LogP contribution >= 0.6 is 0 Å². The van der Waals surface area contributed by atoms with E-state index in [4.69, 9.17) is 5.73 Å². The molecular formula is C30H30N4O. The predicted octanol–water partition coefficient (Wildman–Crippen LogP) is 6.12. The van der Waals surface area contributed by atoms with E-state index >= 15 is 0 Å². The highest BCUT2D eigenvalue weighted by Crippen LogP contribution is 2.35. The number of hydrogen-bond acceptors (Lipinski definition) is 3. The minimum atomic E-state index is -0.205. The molecule has 35 heavy (non-hydrogen) atoms. The Hall–Kier alpha value is -3.96. The molecule has 0 saturated heterocycles. The molecule has 1 heterocycles. The van der Waals surface area contributed by atoms with Crippen molar-refractivity contribution in [3.63, 3.8) is 0 Å². The number of nitrogens with zero attached hydrogens (tertiary/aromatic N) is 2. The molecule has 1 saturated carbocycles. The van der Waals surface area contributed by atoms with Gasteiger partial charge in [-0.15, -0.1) is 0 Å². The van der Waals surface area contributed by atoms with Gasteiger partial charge in [0.25, 0.3) is 5.91 Å². The van der Waals surface area contributed by atoms with Gasteiger partial charge in [-0.3, -0.25) is 4.79 Å². The average molecular weight is 463 g/mol. The number of anilines is 1. The quantitative estimate of drug-likeness (QED) is 0.331. The summed E-state index contributed by atoms with van der Waals surface area (Å²) in [5.74, 6) is 0.599. The van der Waals surface area contributed by atoms with Gasteiger partial charge < -0.3 is 11.1 Å². The maximum absolute atomic E-state index is 13.3. The third kappa shape index (κ3) is 5.42. The molecule has 0 radical (unpaired) electrons. The van der Waals surface area contributed by atoms with Crippen LogP contribution in [0.4, 0.5) is 5.69 Å². The number of nitrogens with two attached hydrogens (primary N) is 1. The number of carbonyl (C=O) groups excluding carboxylic acids is 1. The first-order chi connectivity index (χ1) is 17.1. The van der Waals surface area contributed by atoms with Crippen molar-refractivity contribution < 1.29 is 4.79 Å². The van der Waals surface area contributed by atoms with Gasteiger partial charge in [-0.05, 0) is 84.7 Å². The van der Waals surface area contributed by atoms with Crippen molar-refractivity contribution in [2.75, 3.05) is 5.32 Å². The third-order valence-corrected chi connectivity index (χ3v) is 6.32. The van der Waals surface area contributed by atoms with Crippen LogP contribution in [0.5, 0.6) is 0 Å². The van der Waals surface area contributed by atoms with E-state index in [0.717, 1.165) is 40.5 Å². The second-order valence-electron chi connectivity index (χ2n) is 9.15. The summed E-state index contributed by atoms with van der Waals surface area (Å²) in [6.07, 6.45) is 6.06. The van der Waals surface area contributed by atoms with Gasteiger partial charge in [0, 0.05) is 12.2 Å². The predicted molar refractivity (Wildman–Crippen MR) is 141 cm³/mol. The lowest BCUT2D eigenvalue weighted by Crippen LogP contribution is -2.17. The Labute approximate surface area is 206 Å². The van der Waals surface area contributed by atoms with Crippen molar-refractivity contribution in [2.45, 2.75) is 32.7 Å². The van der Waals surface area contributed by atoms with Crippen LogP contribution in [-0.2, 0) is 6.54 Å². The Bertz CT molecular complexity index is 1370. The molecule has 5 nitrogen and oxygen atoms in total. The molecule has 1 amide bonds. The van der Waals surface area contributed by atoms with Crippen LogP contribution in [-0.4, -0.2) is 15.7 Å². The van der Waals surface area contributed by atoms with Crippen LogP contribution in [0.1, 0.15) is 52.1 Å². The van der Waals surface area contributed by atoms with E-state index < -0.39 is 0 Å². The maximum Gasteiger partial charge on any atom is 0.274 e. The molecule has 5 heteroatoms. The Morgan fingerprint density at radius 3 is 2.54 bits per heavy atom. The minimum absolute atomic E-state index is 0.205. The van der Waals surface area contributed by atoms with Gasteiger partial charge in [0.2, 0.25) is 0 Å². The van der Waals surface area contributed by atoms with E-state index in [2.05, 4.69) is 46.8 Å². The molecule has 0 bridgehead atoms. The lowest BCUT2D eigenvalue weighted by atomic mass is 9.96. The molecule has 0 aliphatic heterocycles. The van der Waals surface area contributed by atoms with Crippen molar-refractivity contribution in [1.82, 2.24) is 9.78 Å². The van der Waals surface area contributed by atoms with Crippen molar-refractivity contribution in [3.8, 4) is 5.69 Å². The van der Waals surface area contributed by atoms with Gasteiger partial charge in [0.15, 0.2) is 0 Å². The van der Waals surface area contributed by atoms with E-state index in [9.17, 15) is 4.79 Å². The van der Waals surface area contributed by atoms with E-state index in [1.807, 2.05) is 55.5 Å². The molecule has 3 aromatic carbocycles.